The lowest BCUT2D eigenvalue weighted by Crippen LogP contribution is -1.93. The lowest BCUT2D eigenvalue weighted by Gasteiger charge is -2.04. The Morgan fingerprint density at radius 1 is 1.04 bits per heavy atom. The van der Waals surface area contributed by atoms with Crippen LogP contribution in [0.25, 0.3) is 22.6 Å². The van der Waals surface area contributed by atoms with E-state index in [9.17, 15) is 13.9 Å². The zero-order valence-electron chi connectivity index (χ0n) is 11.5. The number of aromatic nitrogens is 1. The predicted octanol–water partition coefficient (Wildman–Crippen LogP) is 5.09. The molecule has 1 heterocycles. The fourth-order valence-electron chi connectivity index (χ4n) is 2.26. The Bertz CT molecular complexity index is 860. The lowest BCUT2D eigenvalue weighted by atomic mass is 10.0. The number of nitrogens with zero attached hydrogens (tertiary/aromatic N) is 1. The van der Waals surface area contributed by atoms with E-state index in [2.05, 4.69) is 5.16 Å². The lowest BCUT2D eigenvalue weighted by molar-refractivity contribution is 0.281. The molecule has 0 amide bonds. The van der Waals surface area contributed by atoms with Gasteiger partial charge in [0.25, 0.3) is 0 Å². The standard InChI is InChI=1S/C16H9Cl2F2NO2/c17-9-3-8(4-10(18)5-9)16-13(7-22)15(21-23-16)12-6-11(19)1-2-14(12)20/h1-6,22H,7H2. The maximum Gasteiger partial charge on any atom is 0.173 e. The fourth-order valence-corrected chi connectivity index (χ4v) is 2.78. The molecule has 3 rings (SSSR count). The van der Waals surface area contributed by atoms with Crippen molar-refractivity contribution in [3.05, 3.63) is 63.6 Å². The Hall–Kier alpha value is -1.95. The van der Waals surface area contributed by atoms with Crippen molar-refractivity contribution in [3.8, 4) is 22.6 Å². The van der Waals surface area contributed by atoms with Crippen LogP contribution in [-0.4, -0.2) is 10.3 Å². The SMILES string of the molecule is OCc1c(-c2cc(F)ccc2F)noc1-c1cc(Cl)cc(Cl)c1. The molecule has 0 spiro atoms. The molecule has 3 aromatic rings. The van der Waals surface area contributed by atoms with Crippen molar-refractivity contribution in [2.75, 3.05) is 0 Å². The molecule has 0 fully saturated rings. The van der Waals surface area contributed by atoms with Gasteiger partial charge in [-0.05, 0) is 36.4 Å². The molecule has 7 heteroatoms. The number of aliphatic hydroxyl groups is 1. The van der Waals surface area contributed by atoms with Crippen molar-refractivity contribution in [2.24, 2.45) is 0 Å². The van der Waals surface area contributed by atoms with Gasteiger partial charge in [-0.25, -0.2) is 8.78 Å². The minimum Gasteiger partial charge on any atom is -0.391 e. The molecule has 0 saturated heterocycles. The monoisotopic (exact) mass is 355 g/mol. The summed E-state index contributed by atoms with van der Waals surface area (Å²) in [5, 5.41) is 14.1. The van der Waals surface area contributed by atoms with Crippen molar-refractivity contribution in [3.63, 3.8) is 0 Å². The van der Waals surface area contributed by atoms with Crippen LogP contribution in [-0.2, 0) is 6.61 Å². The number of aliphatic hydroxyl groups excluding tert-OH is 1. The van der Waals surface area contributed by atoms with Gasteiger partial charge in [0.1, 0.15) is 17.3 Å². The molecular weight excluding hydrogens is 347 g/mol. The second-order valence-electron chi connectivity index (χ2n) is 4.78. The van der Waals surface area contributed by atoms with Crippen LogP contribution >= 0.6 is 23.2 Å². The van der Waals surface area contributed by atoms with Gasteiger partial charge in [0, 0.05) is 21.2 Å². The average molecular weight is 356 g/mol. The van der Waals surface area contributed by atoms with Gasteiger partial charge in [-0.2, -0.15) is 0 Å². The molecule has 23 heavy (non-hydrogen) atoms. The molecule has 0 aliphatic rings. The molecular formula is C16H9Cl2F2NO2. The Kier molecular flexibility index (Phi) is 4.35. The van der Waals surface area contributed by atoms with E-state index in [0.29, 0.717) is 15.6 Å². The van der Waals surface area contributed by atoms with Gasteiger partial charge in [-0.3, -0.25) is 0 Å². The molecule has 0 saturated carbocycles. The van der Waals surface area contributed by atoms with Gasteiger partial charge >= 0.3 is 0 Å². The van der Waals surface area contributed by atoms with Crippen molar-refractivity contribution >= 4 is 23.2 Å². The summed E-state index contributed by atoms with van der Waals surface area (Å²) in [4.78, 5) is 0. The highest BCUT2D eigenvalue weighted by atomic mass is 35.5. The first-order valence-electron chi connectivity index (χ1n) is 6.51. The molecule has 3 nitrogen and oxygen atoms in total. The highest BCUT2D eigenvalue weighted by molar-refractivity contribution is 6.35. The molecule has 0 atom stereocenters. The summed E-state index contributed by atoms with van der Waals surface area (Å²) < 4.78 is 32.5. The summed E-state index contributed by atoms with van der Waals surface area (Å²) in [6, 6.07) is 7.64. The van der Waals surface area contributed by atoms with E-state index in [1.54, 1.807) is 12.1 Å². The zero-order valence-corrected chi connectivity index (χ0v) is 13.0. The highest BCUT2D eigenvalue weighted by Gasteiger charge is 2.21. The molecule has 0 aliphatic carbocycles. The van der Waals surface area contributed by atoms with Gasteiger partial charge in [-0.1, -0.05) is 28.4 Å². The van der Waals surface area contributed by atoms with E-state index in [4.69, 9.17) is 27.7 Å². The summed E-state index contributed by atoms with van der Waals surface area (Å²) in [6.07, 6.45) is 0. The third-order valence-corrected chi connectivity index (χ3v) is 3.69. The number of hydrogen-bond acceptors (Lipinski definition) is 3. The Morgan fingerprint density at radius 3 is 2.39 bits per heavy atom. The summed E-state index contributed by atoms with van der Waals surface area (Å²) in [5.74, 6) is -1.11. The van der Waals surface area contributed by atoms with E-state index in [-0.39, 0.29) is 22.6 Å². The van der Waals surface area contributed by atoms with Gasteiger partial charge in [0.2, 0.25) is 0 Å². The number of rotatable bonds is 3. The van der Waals surface area contributed by atoms with Crippen LogP contribution in [0, 0.1) is 11.6 Å². The quantitative estimate of drug-likeness (QED) is 0.711. The molecule has 118 valence electrons. The first-order chi connectivity index (χ1) is 11.0. The summed E-state index contributed by atoms with van der Waals surface area (Å²) in [6.45, 7) is -0.478. The van der Waals surface area contributed by atoms with Crippen LogP contribution in [0.4, 0.5) is 8.78 Å². The van der Waals surface area contributed by atoms with E-state index >= 15 is 0 Å². The van der Waals surface area contributed by atoms with E-state index < -0.39 is 18.2 Å². The predicted molar refractivity (Wildman–Crippen MR) is 83.2 cm³/mol. The normalized spacial score (nSPS) is 11.0. The van der Waals surface area contributed by atoms with Crippen LogP contribution in [0.15, 0.2) is 40.9 Å². The van der Waals surface area contributed by atoms with Crippen molar-refractivity contribution in [2.45, 2.75) is 6.61 Å². The van der Waals surface area contributed by atoms with Crippen molar-refractivity contribution < 1.29 is 18.4 Å². The zero-order chi connectivity index (χ0) is 16.6. The van der Waals surface area contributed by atoms with Crippen LogP contribution in [0.2, 0.25) is 10.0 Å². The van der Waals surface area contributed by atoms with Crippen molar-refractivity contribution in [1.82, 2.24) is 5.16 Å². The van der Waals surface area contributed by atoms with Crippen LogP contribution < -0.4 is 0 Å². The molecule has 0 radical (unpaired) electrons. The van der Waals surface area contributed by atoms with Crippen LogP contribution in [0.5, 0.6) is 0 Å². The third kappa shape index (κ3) is 3.08. The van der Waals surface area contributed by atoms with Crippen molar-refractivity contribution in [1.29, 1.82) is 0 Å². The first kappa shape index (κ1) is 15.9. The van der Waals surface area contributed by atoms with E-state index in [0.717, 1.165) is 18.2 Å². The fraction of sp³-hybridized carbons (Fsp3) is 0.0625. The second kappa shape index (κ2) is 6.28. The molecule has 1 aromatic heterocycles. The minimum absolute atomic E-state index is 0.0237. The first-order valence-corrected chi connectivity index (χ1v) is 7.26. The highest BCUT2D eigenvalue weighted by Crippen LogP contribution is 2.35. The minimum atomic E-state index is -0.676. The summed E-state index contributed by atoms with van der Waals surface area (Å²) in [5.41, 5.74) is 0.614. The van der Waals surface area contributed by atoms with Gasteiger partial charge in [0.15, 0.2) is 5.76 Å². The van der Waals surface area contributed by atoms with Crippen LogP contribution in [0.3, 0.4) is 0 Å². The molecule has 0 unspecified atom stereocenters. The number of halogens is 4. The third-order valence-electron chi connectivity index (χ3n) is 3.25. The van der Waals surface area contributed by atoms with Gasteiger partial charge in [-0.15, -0.1) is 0 Å². The Labute approximate surface area is 140 Å². The topological polar surface area (TPSA) is 46.3 Å². The second-order valence-corrected chi connectivity index (χ2v) is 5.65. The molecule has 0 bridgehead atoms. The molecule has 1 N–H and O–H groups in total. The van der Waals surface area contributed by atoms with E-state index in [1.807, 2.05) is 0 Å². The summed E-state index contributed by atoms with van der Waals surface area (Å²) >= 11 is 11.9. The van der Waals surface area contributed by atoms with E-state index in [1.165, 1.54) is 6.07 Å². The number of benzene rings is 2. The maximum atomic E-state index is 13.9. The largest absolute Gasteiger partial charge is 0.391 e. The molecule has 0 aliphatic heterocycles. The molecule has 2 aromatic carbocycles. The van der Waals surface area contributed by atoms with Crippen LogP contribution in [0.1, 0.15) is 5.56 Å². The average Bonchev–Trinajstić information content (AvgIpc) is 2.92. The maximum absolute atomic E-state index is 13.9. The Morgan fingerprint density at radius 2 is 1.74 bits per heavy atom. The smallest absolute Gasteiger partial charge is 0.173 e. The number of hydrogen-bond donors (Lipinski definition) is 1. The van der Waals surface area contributed by atoms with Gasteiger partial charge < -0.3 is 9.63 Å². The van der Waals surface area contributed by atoms with Gasteiger partial charge in [0.05, 0.1) is 12.2 Å². The Balaban J connectivity index is 2.19. The summed E-state index contributed by atoms with van der Waals surface area (Å²) in [7, 11) is 0.